The molecule has 28 heavy (non-hydrogen) atoms. The molecule has 0 unspecified atom stereocenters. The first-order chi connectivity index (χ1) is 13.2. The smallest absolute Gasteiger partial charge is 0.317 e. The minimum atomic E-state index is -3.25. The van der Waals surface area contributed by atoms with E-state index in [4.69, 9.17) is 16.3 Å². The molecule has 1 aliphatic heterocycles. The van der Waals surface area contributed by atoms with Crippen molar-refractivity contribution in [2.24, 2.45) is 0 Å². The fourth-order valence-corrected chi connectivity index (χ4v) is 4.94. The van der Waals surface area contributed by atoms with Crippen LogP contribution in [0.2, 0.25) is 5.02 Å². The number of halogens is 1. The predicted molar refractivity (Wildman–Crippen MR) is 106 cm³/mol. The average Bonchev–Trinajstić information content (AvgIpc) is 3.17. The number of esters is 1. The van der Waals surface area contributed by atoms with Gasteiger partial charge in [0.05, 0.1) is 11.7 Å². The lowest BCUT2D eigenvalue weighted by Gasteiger charge is -2.33. The van der Waals surface area contributed by atoms with Gasteiger partial charge in [-0.25, -0.2) is 8.42 Å². The third-order valence-corrected chi connectivity index (χ3v) is 7.19. The number of hydrogen-bond acceptors (Lipinski definition) is 5. The molecule has 1 aromatic rings. The van der Waals surface area contributed by atoms with Gasteiger partial charge >= 0.3 is 5.97 Å². The zero-order chi connectivity index (χ0) is 20.4. The van der Waals surface area contributed by atoms with E-state index in [1.54, 1.807) is 17.0 Å². The maximum absolute atomic E-state index is 12.9. The monoisotopic (exact) mass is 428 g/mol. The molecule has 0 bridgehead atoms. The van der Waals surface area contributed by atoms with E-state index in [2.05, 4.69) is 0 Å². The summed E-state index contributed by atoms with van der Waals surface area (Å²) in [5, 5.41) is 0.605. The summed E-state index contributed by atoms with van der Waals surface area (Å²) in [6.07, 6.45) is 4.39. The highest BCUT2D eigenvalue weighted by molar-refractivity contribution is 7.88. The van der Waals surface area contributed by atoms with E-state index in [0.29, 0.717) is 31.0 Å². The molecular formula is C19H25ClN2O5S. The third kappa shape index (κ3) is 4.50. The van der Waals surface area contributed by atoms with Gasteiger partial charge in [0.25, 0.3) is 5.91 Å². The molecule has 1 saturated heterocycles. The summed E-state index contributed by atoms with van der Waals surface area (Å²) in [6.45, 7) is 0.783. The number of amides is 1. The lowest BCUT2D eigenvalue weighted by Crippen LogP contribution is -2.51. The molecule has 2 aliphatic rings. The van der Waals surface area contributed by atoms with E-state index in [0.717, 1.165) is 24.7 Å². The molecule has 0 spiro atoms. The minimum absolute atomic E-state index is 0.257. The number of carbonyl (C=O) groups excluding carboxylic acids is 2. The molecule has 1 heterocycles. The summed E-state index contributed by atoms with van der Waals surface area (Å²) < 4.78 is 29.9. The van der Waals surface area contributed by atoms with E-state index in [-0.39, 0.29) is 31.6 Å². The van der Waals surface area contributed by atoms with Gasteiger partial charge in [-0.3, -0.25) is 9.59 Å². The summed E-state index contributed by atoms with van der Waals surface area (Å²) in [7, 11) is -3.25. The summed E-state index contributed by atoms with van der Waals surface area (Å²) in [5.41, 5.74) is 0.147. The molecule has 0 aromatic heterocycles. The molecule has 1 aromatic carbocycles. The van der Waals surface area contributed by atoms with Gasteiger partial charge < -0.3 is 9.64 Å². The number of nitrogens with zero attached hydrogens (tertiary/aromatic N) is 2. The summed E-state index contributed by atoms with van der Waals surface area (Å²) in [6, 6.07) is 7.22. The van der Waals surface area contributed by atoms with Crippen molar-refractivity contribution in [3.8, 4) is 0 Å². The largest absolute Gasteiger partial charge is 0.455 e. The van der Waals surface area contributed by atoms with Crippen LogP contribution in [0.15, 0.2) is 24.3 Å². The van der Waals surface area contributed by atoms with Gasteiger partial charge in [-0.05, 0) is 30.5 Å². The Hall–Kier alpha value is -1.64. The number of benzene rings is 1. The van der Waals surface area contributed by atoms with Crippen LogP contribution in [-0.4, -0.2) is 68.5 Å². The first-order valence-corrected chi connectivity index (χ1v) is 11.6. The maximum atomic E-state index is 12.9. The molecule has 1 saturated carbocycles. The molecule has 2 fully saturated rings. The van der Waals surface area contributed by atoms with Crippen molar-refractivity contribution in [3.05, 3.63) is 34.9 Å². The zero-order valence-electron chi connectivity index (χ0n) is 15.9. The zero-order valence-corrected chi connectivity index (χ0v) is 17.5. The first kappa shape index (κ1) is 21.1. The van der Waals surface area contributed by atoms with Crippen molar-refractivity contribution in [3.63, 3.8) is 0 Å². The molecule has 154 valence electrons. The van der Waals surface area contributed by atoms with Crippen LogP contribution >= 0.6 is 11.6 Å². The van der Waals surface area contributed by atoms with Crippen LogP contribution in [-0.2, 0) is 29.8 Å². The van der Waals surface area contributed by atoms with Gasteiger partial charge in [0.2, 0.25) is 10.0 Å². The molecule has 3 rings (SSSR count). The highest BCUT2D eigenvalue weighted by Crippen LogP contribution is 2.42. The predicted octanol–water partition coefficient (Wildman–Crippen LogP) is 1.80. The van der Waals surface area contributed by atoms with Crippen LogP contribution in [0.25, 0.3) is 0 Å². The van der Waals surface area contributed by atoms with E-state index in [9.17, 15) is 18.0 Å². The van der Waals surface area contributed by atoms with Gasteiger partial charge in [-0.1, -0.05) is 36.6 Å². The molecule has 1 amide bonds. The standard InChI is InChI=1S/C19H25ClN2O5S/c1-28(25,26)22-12-10-21(11-13-22)17(23)14-27-18(24)19(8-2-3-9-19)15-4-6-16(20)7-5-15/h4-7H,2-3,8-14H2,1H3. The summed E-state index contributed by atoms with van der Waals surface area (Å²) in [5.74, 6) is -0.679. The van der Waals surface area contributed by atoms with Crippen LogP contribution < -0.4 is 0 Å². The average molecular weight is 429 g/mol. The number of rotatable bonds is 5. The van der Waals surface area contributed by atoms with E-state index >= 15 is 0 Å². The van der Waals surface area contributed by atoms with Crippen LogP contribution in [0.4, 0.5) is 0 Å². The Morgan fingerprint density at radius 1 is 1.07 bits per heavy atom. The molecule has 7 nitrogen and oxygen atoms in total. The molecule has 0 atom stereocenters. The van der Waals surface area contributed by atoms with E-state index < -0.39 is 15.4 Å². The lowest BCUT2D eigenvalue weighted by molar-refractivity contribution is -0.157. The van der Waals surface area contributed by atoms with Crippen LogP contribution in [0, 0.1) is 0 Å². The van der Waals surface area contributed by atoms with Crippen molar-refractivity contribution in [1.29, 1.82) is 0 Å². The molecular weight excluding hydrogens is 404 g/mol. The second kappa shape index (κ2) is 8.39. The fraction of sp³-hybridized carbons (Fsp3) is 0.579. The Morgan fingerprint density at radius 3 is 2.18 bits per heavy atom. The minimum Gasteiger partial charge on any atom is -0.455 e. The Balaban J connectivity index is 1.59. The van der Waals surface area contributed by atoms with Crippen LogP contribution in [0.5, 0.6) is 0 Å². The van der Waals surface area contributed by atoms with E-state index in [1.807, 2.05) is 12.1 Å². The van der Waals surface area contributed by atoms with Crippen LogP contribution in [0.3, 0.4) is 0 Å². The van der Waals surface area contributed by atoms with Gasteiger partial charge in [-0.2, -0.15) is 4.31 Å². The lowest BCUT2D eigenvalue weighted by atomic mass is 9.79. The number of ether oxygens (including phenoxy) is 1. The summed E-state index contributed by atoms with van der Waals surface area (Å²) in [4.78, 5) is 26.9. The van der Waals surface area contributed by atoms with Gasteiger partial charge in [-0.15, -0.1) is 0 Å². The number of sulfonamides is 1. The highest BCUT2D eigenvalue weighted by Gasteiger charge is 2.44. The van der Waals surface area contributed by atoms with Gasteiger partial charge in [0.15, 0.2) is 6.61 Å². The summed E-state index contributed by atoms with van der Waals surface area (Å²) >= 11 is 5.96. The number of carbonyl (C=O) groups is 2. The SMILES string of the molecule is CS(=O)(=O)N1CCN(C(=O)COC(=O)C2(c3ccc(Cl)cc3)CCCC2)CC1. The quantitative estimate of drug-likeness (QED) is 0.668. The normalized spacial score (nSPS) is 20.1. The Labute approximate surface area is 170 Å². The Kier molecular flexibility index (Phi) is 6.31. The molecule has 1 aliphatic carbocycles. The van der Waals surface area contributed by atoms with Crippen molar-refractivity contribution in [1.82, 2.24) is 9.21 Å². The van der Waals surface area contributed by atoms with Crippen LogP contribution in [0.1, 0.15) is 31.2 Å². The number of piperazine rings is 1. The second-order valence-electron chi connectivity index (χ2n) is 7.42. The van der Waals surface area contributed by atoms with Gasteiger partial charge in [0, 0.05) is 31.2 Å². The van der Waals surface area contributed by atoms with Crippen molar-refractivity contribution in [2.75, 3.05) is 39.0 Å². The topological polar surface area (TPSA) is 84.0 Å². The maximum Gasteiger partial charge on any atom is 0.317 e. The molecule has 0 radical (unpaired) electrons. The molecule has 0 N–H and O–H groups in total. The van der Waals surface area contributed by atoms with Gasteiger partial charge in [0.1, 0.15) is 0 Å². The van der Waals surface area contributed by atoms with Crippen molar-refractivity contribution < 1.29 is 22.7 Å². The third-order valence-electron chi connectivity index (χ3n) is 5.63. The number of hydrogen-bond donors (Lipinski definition) is 0. The Morgan fingerprint density at radius 2 is 1.64 bits per heavy atom. The second-order valence-corrected chi connectivity index (χ2v) is 9.83. The van der Waals surface area contributed by atoms with Crippen molar-refractivity contribution >= 4 is 33.5 Å². The fourth-order valence-electron chi connectivity index (χ4n) is 3.98. The molecule has 9 heteroatoms. The Bertz CT molecular complexity index is 826. The van der Waals surface area contributed by atoms with E-state index in [1.165, 1.54) is 4.31 Å². The first-order valence-electron chi connectivity index (χ1n) is 9.38. The van der Waals surface area contributed by atoms with Crippen molar-refractivity contribution in [2.45, 2.75) is 31.1 Å². The highest BCUT2D eigenvalue weighted by atomic mass is 35.5.